The number of hydrogen-bond acceptors (Lipinski definition) is 2. The minimum atomic E-state index is -4.23. The third-order valence-corrected chi connectivity index (χ3v) is 3.05. The second kappa shape index (κ2) is 6.06. The molecular weight excluding hydrogens is 369 g/mol. The molecule has 0 spiro atoms. The summed E-state index contributed by atoms with van der Waals surface area (Å²) in [6.45, 7) is -0.598. The van der Waals surface area contributed by atoms with Gasteiger partial charge >= 0.3 is 6.18 Å². The van der Waals surface area contributed by atoms with E-state index in [1.807, 2.05) is 0 Å². The van der Waals surface area contributed by atoms with Crippen molar-refractivity contribution in [2.75, 3.05) is 6.61 Å². The molecule has 0 saturated carbocycles. The molecule has 7 heteroatoms. The van der Waals surface area contributed by atoms with Crippen LogP contribution in [0.5, 0.6) is 5.75 Å². The van der Waals surface area contributed by atoms with Crippen molar-refractivity contribution in [1.82, 2.24) is 0 Å². The van der Waals surface area contributed by atoms with Gasteiger partial charge in [-0.25, -0.2) is 0 Å². The summed E-state index contributed by atoms with van der Waals surface area (Å²) in [7, 11) is 0. The number of aliphatic hydroxyl groups is 1. The summed E-state index contributed by atoms with van der Waals surface area (Å²) in [6.07, 6.45) is -5.24. The van der Waals surface area contributed by atoms with Crippen molar-refractivity contribution < 1.29 is 23.0 Å². The molecule has 2 nitrogen and oxygen atoms in total. The molecule has 17 heavy (non-hydrogen) atoms. The lowest BCUT2D eigenvalue weighted by Gasteiger charge is -2.12. The minimum Gasteiger partial charge on any atom is -0.491 e. The normalized spacial score (nSPS) is 11.6. The van der Waals surface area contributed by atoms with Crippen molar-refractivity contribution in [1.29, 1.82) is 0 Å². The Kier molecular flexibility index (Phi) is 5.27. The van der Waals surface area contributed by atoms with Gasteiger partial charge in [0.05, 0.1) is 28.6 Å². The topological polar surface area (TPSA) is 29.5 Å². The van der Waals surface area contributed by atoms with Crippen molar-refractivity contribution in [3.05, 3.63) is 26.6 Å². The zero-order valence-electron chi connectivity index (χ0n) is 8.52. The SMILES string of the molecule is OCc1cc(Br)c(OCCC(F)(F)F)c(Br)c1. The zero-order valence-corrected chi connectivity index (χ0v) is 11.7. The molecule has 0 aromatic heterocycles. The maximum Gasteiger partial charge on any atom is 0.392 e. The smallest absolute Gasteiger partial charge is 0.392 e. The van der Waals surface area contributed by atoms with E-state index in [-0.39, 0.29) is 6.61 Å². The average Bonchev–Trinajstić information content (AvgIpc) is 2.20. The van der Waals surface area contributed by atoms with Gasteiger partial charge in [0.15, 0.2) is 0 Å². The highest BCUT2D eigenvalue weighted by Crippen LogP contribution is 2.35. The van der Waals surface area contributed by atoms with Crippen molar-refractivity contribution in [3.8, 4) is 5.75 Å². The summed E-state index contributed by atoms with van der Waals surface area (Å²) in [4.78, 5) is 0. The van der Waals surface area contributed by atoms with Gasteiger partial charge in [-0.3, -0.25) is 0 Å². The number of alkyl halides is 3. The number of aliphatic hydroxyl groups excluding tert-OH is 1. The lowest BCUT2D eigenvalue weighted by molar-refractivity contribution is -0.139. The molecule has 1 N–H and O–H groups in total. The molecule has 0 heterocycles. The molecular formula is C10H9Br2F3O2. The third kappa shape index (κ3) is 4.85. The van der Waals surface area contributed by atoms with Crippen molar-refractivity contribution >= 4 is 31.9 Å². The van der Waals surface area contributed by atoms with Crippen LogP contribution < -0.4 is 4.74 Å². The first-order valence-electron chi connectivity index (χ1n) is 4.62. The highest BCUT2D eigenvalue weighted by Gasteiger charge is 2.27. The molecule has 0 aliphatic rings. The van der Waals surface area contributed by atoms with Gasteiger partial charge in [-0.05, 0) is 49.6 Å². The molecule has 0 saturated heterocycles. The van der Waals surface area contributed by atoms with Crippen molar-refractivity contribution in [2.45, 2.75) is 19.2 Å². The van der Waals surface area contributed by atoms with Crippen molar-refractivity contribution in [3.63, 3.8) is 0 Å². The average molecular weight is 378 g/mol. The van der Waals surface area contributed by atoms with Gasteiger partial charge < -0.3 is 9.84 Å². The van der Waals surface area contributed by atoms with E-state index >= 15 is 0 Å². The van der Waals surface area contributed by atoms with Crippen LogP contribution >= 0.6 is 31.9 Å². The fraction of sp³-hybridized carbons (Fsp3) is 0.400. The first-order chi connectivity index (χ1) is 7.83. The molecule has 0 unspecified atom stereocenters. The Hall–Kier alpha value is -0.270. The molecule has 1 aromatic carbocycles. The Morgan fingerprint density at radius 1 is 1.18 bits per heavy atom. The summed E-state index contributed by atoms with van der Waals surface area (Å²) in [5, 5.41) is 8.93. The quantitative estimate of drug-likeness (QED) is 0.858. The number of benzene rings is 1. The third-order valence-electron chi connectivity index (χ3n) is 1.87. The summed E-state index contributed by atoms with van der Waals surface area (Å²) in [5.74, 6) is 0.298. The lowest BCUT2D eigenvalue weighted by atomic mass is 10.2. The van der Waals surface area contributed by atoms with Gasteiger partial charge in [0.2, 0.25) is 0 Å². The van der Waals surface area contributed by atoms with Crippen LogP contribution in [-0.2, 0) is 6.61 Å². The van der Waals surface area contributed by atoms with Crippen LogP contribution in [0.3, 0.4) is 0 Å². The van der Waals surface area contributed by atoms with E-state index in [1.54, 1.807) is 12.1 Å². The minimum absolute atomic E-state index is 0.153. The van der Waals surface area contributed by atoms with Crippen LogP contribution in [-0.4, -0.2) is 17.9 Å². The summed E-state index contributed by atoms with van der Waals surface area (Å²) in [6, 6.07) is 3.18. The predicted molar refractivity (Wildman–Crippen MR) is 63.9 cm³/mol. The number of ether oxygens (including phenoxy) is 1. The highest BCUT2D eigenvalue weighted by atomic mass is 79.9. The highest BCUT2D eigenvalue weighted by molar-refractivity contribution is 9.11. The first kappa shape index (κ1) is 14.8. The standard InChI is InChI=1S/C10H9Br2F3O2/c11-7-3-6(5-16)4-8(12)9(7)17-2-1-10(13,14)15/h3-4,16H,1-2,5H2. The molecule has 0 atom stereocenters. The number of halogens is 5. The van der Waals surface area contributed by atoms with Crippen LogP contribution in [0.4, 0.5) is 13.2 Å². The maximum absolute atomic E-state index is 11.9. The molecule has 1 aromatic rings. The molecule has 0 fully saturated rings. The molecule has 0 aliphatic heterocycles. The zero-order chi connectivity index (χ0) is 13.1. The van der Waals surface area contributed by atoms with Gasteiger partial charge in [0.1, 0.15) is 5.75 Å². The summed E-state index contributed by atoms with van der Waals surface area (Å²) in [5.41, 5.74) is 0.631. The second-order valence-corrected chi connectivity index (χ2v) is 4.97. The Labute approximate surface area is 113 Å². The van der Waals surface area contributed by atoms with Crippen LogP contribution in [0.2, 0.25) is 0 Å². The molecule has 0 bridgehead atoms. The molecule has 96 valence electrons. The monoisotopic (exact) mass is 376 g/mol. The van der Waals surface area contributed by atoms with Gasteiger partial charge in [-0.15, -0.1) is 0 Å². The van der Waals surface area contributed by atoms with Crippen LogP contribution in [0, 0.1) is 0 Å². The van der Waals surface area contributed by atoms with Gasteiger partial charge in [-0.2, -0.15) is 13.2 Å². The predicted octanol–water partition coefficient (Wildman–Crippen LogP) is 4.04. The number of rotatable bonds is 4. The van der Waals surface area contributed by atoms with Gasteiger partial charge in [-0.1, -0.05) is 0 Å². The molecule has 1 rings (SSSR count). The van der Waals surface area contributed by atoms with Crippen LogP contribution in [0.25, 0.3) is 0 Å². The van der Waals surface area contributed by atoms with E-state index in [9.17, 15) is 13.2 Å². The van der Waals surface area contributed by atoms with E-state index in [1.165, 1.54) is 0 Å². The Morgan fingerprint density at radius 3 is 2.12 bits per heavy atom. The number of hydrogen-bond donors (Lipinski definition) is 1. The fourth-order valence-electron chi connectivity index (χ4n) is 1.11. The maximum atomic E-state index is 11.9. The van der Waals surface area contributed by atoms with Crippen LogP contribution in [0.15, 0.2) is 21.1 Å². The van der Waals surface area contributed by atoms with E-state index in [4.69, 9.17) is 9.84 Å². The van der Waals surface area contributed by atoms with Crippen molar-refractivity contribution in [2.24, 2.45) is 0 Å². The second-order valence-electron chi connectivity index (χ2n) is 3.26. The lowest BCUT2D eigenvalue weighted by Crippen LogP contribution is -2.13. The molecule has 0 amide bonds. The van der Waals surface area contributed by atoms with E-state index in [0.29, 0.717) is 20.3 Å². The molecule has 0 radical (unpaired) electrons. The Balaban J connectivity index is 2.72. The van der Waals surface area contributed by atoms with E-state index < -0.39 is 19.2 Å². The van der Waals surface area contributed by atoms with Crippen LogP contribution in [0.1, 0.15) is 12.0 Å². The Morgan fingerprint density at radius 2 is 1.71 bits per heavy atom. The summed E-state index contributed by atoms with van der Waals surface area (Å²) >= 11 is 6.34. The summed E-state index contributed by atoms with van der Waals surface area (Å²) < 4.78 is 41.9. The largest absolute Gasteiger partial charge is 0.491 e. The molecule has 0 aliphatic carbocycles. The fourth-order valence-corrected chi connectivity index (χ4v) is 2.62. The van der Waals surface area contributed by atoms with Gasteiger partial charge in [0, 0.05) is 0 Å². The Bertz CT molecular complexity index is 371. The first-order valence-corrected chi connectivity index (χ1v) is 6.20. The van der Waals surface area contributed by atoms with E-state index in [2.05, 4.69) is 31.9 Å². The van der Waals surface area contributed by atoms with Gasteiger partial charge in [0.25, 0.3) is 0 Å². The van der Waals surface area contributed by atoms with E-state index in [0.717, 1.165) is 0 Å².